The van der Waals surface area contributed by atoms with Crippen LogP contribution in [0.25, 0.3) is 0 Å². The Hall–Kier alpha value is -1.46. The minimum absolute atomic E-state index is 0.558. The van der Waals surface area contributed by atoms with E-state index in [-0.39, 0.29) is 0 Å². The minimum Gasteiger partial charge on any atom is -0.344 e. The Balaban J connectivity index is 1.86. The molecule has 108 valence electrons. The molecule has 2 aromatic rings. The van der Waals surface area contributed by atoms with Crippen molar-refractivity contribution in [2.45, 2.75) is 46.2 Å². The molecule has 0 saturated heterocycles. The van der Waals surface area contributed by atoms with E-state index in [2.05, 4.69) is 32.2 Å². The van der Waals surface area contributed by atoms with Gasteiger partial charge in [-0.15, -0.1) is 0 Å². The zero-order valence-corrected chi connectivity index (χ0v) is 12.7. The van der Waals surface area contributed by atoms with Crippen LogP contribution in [0.2, 0.25) is 5.15 Å². The van der Waals surface area contributed by atoms with Crippen molar-refractivity contribution in [2.75, 3.05) is 0 Å². The second-order valence-electron chi connectivity index (χ2n) is 4.76. The fourth-order valence-corrected chi connectivity index (χ4v) is 2.15. The molecule has 5 nitrogen and oxygen atoms in total. The van der Waals surface area contributed by atoms with Crippen LogP contribution in [0.3, 0.4) is 0 Å². The second-order valence-corrected chi connectivity index (χ2v) is 5.11. The summed E-state index contributed by atoms with van der Waals surface area (Å²) in [5.41, 5.74) is 1.91. The molecule has 0 aromatic carbocycles. The lowest BCUT2D eigenvalue weighted by molar-refractivity contribution is 0.663. The topological polar surface area (TPSA) is 66.5 Å². The summed E-state index contributed by atoms with van der Waals surface area (Å²) < 4.78 is 0. The number of unbranched alkanes of at least 4 members (excludes halogenated alkanes) is 1. The van der Waals surface area contributed by atoms with Crippen LogP contribution >= 0.6 is 11.6 Å². The molecule has 6 heteroatoms. The van der Waals surface area contributed by atoms with Gasteiger partial charge < -0.3 is 10.3 Å². The lowest BCUT2D eigenvalue weighted by Gasteiger charge is -2.03. The molecule has 0 unspecified atom stereocenters. The van der Waals surface area contributed by atoms with E-state index in [1.54, 1.807) is 6.20 Å². The van der Waals surface area contributed by atoms with E-state index in [1.807, 2.05) is 13.0 Å². The molecule has 0 bridgehead atoms. The molecule has 0 atom stereocenters. The van der Waals surface area contributed by atoms with Crippen molar-refractivity contribution >= 4 is 11.6 Å². The fraction of sp³-hybridized carbons (Fsp3) is 0.500. The molecule has 0 saturated carbocycles. The third-order valence-corrected chi connectivity index (χ3v) is 3.30. The molecule has 0 aliphatic heterocycles. The van der Waals surface area contributed by atoms with Gasteiger partial charge in [0.2, 0.25) is 0 Å². The predicted molar refractivity (Wildman–Crippen MR) is 79.5 cm³/mol. The van der Waals surface area contributed by atoms with Crippen molar-refractivity contribution in [2.24, 2.45) is 0 Å². The van der Waals surface area contributed by atoms with Gasteiger partial charge in [-0.1, -0.05) is 24.9 Å². The van der Waals surface area contributed by atoms with E-state index in [9.17, 15) is 0 Å². The van der Waals surface area contributed by atoms with E-state index in [1.165, 1.54) is 0 Å². The van der Waals surface area contributed by atoms with Crippen LogP contribution in [0.5, 0.6) is 0 Å². The normalized spacial score (nSPS) is 10.9. The number of hydrogen-bond donors (Lipinski definition) is 2. The number of H-pyrrole nitrogens is 1. The fourth-order valence-electron chi connectivity index (χ4n) is 1.94. The molecular weight excluding hydrogens is 274 g/mol. The Morgan fingerprint density at radius 2 is 2.15 bits per heavy atom. The van der Waals surface area contributed by atoms with Gasteiger partial charge >= 0.3 is 0 Å². The Bertz CT molecular complexity index is 552. The summed E-state index contributed by atoms with van der Waals surface area (Å²) in [6.45, 7) is 5.38. The quantitative estimate of drug-likeness (QED) is 0.824. The number of aromatic nitrogens is 4. The van der Waals surface area contributed by atoms with Gasteiger partial charge in [0.25, 0.3) is 0 Å². The van der Waals surface area contributed by atoms with Crippen LogP contribution in [0, 0.1) is 6.92 Å². The van der Waals surface area contributed by atoms with Crippen molar-refractivity contribution in [3.63, 3.8) is 0 Å². The molecule has 0 fully saturated rings. The monoisotopic (exact) mass is 293 g/mol. The number of hydrogen-bond acceptors (Lipinski definition) is 4. The maximum Gasteiger partial charge on any atom is 0.151 e. The lowest BCUT2D eigenvalue weighted by atomic mass is 10.2. The average molecular weight is 294 g/mol. The third kappa shape index (κ3) is 4.28. The highest BCUT2D eigenvalue weighted by atomic mass is 35.5. The average Bonchev–Trinajstić information content (AvgIpc) is 2.77. The van der Waals surface area contributed by atoms with Crippen LogP contribution in [0.1, 0.15) is 42.8 Å². The highest BCUT2D eigenvalue weighted by Crippen LogP contribution is 2.14. The largest absolute Gasteiger partial charge is 0.344 e. The van der Waals surface area contributed by atoms with Crippen LogP contribution < -0.4 is 5.32 Å². The van der Waals surface area contributed by atoms with Gasteiger partial charge in [0.15, 0.2) is 5.15 Å². The molecule has 0 amide bonds. The standard InChI is InChI=1S/C14H20ClN5/c1-3-4-5-13-19-12(14(15)20-13)9-16-8-11-6-7-17-10(2)18-11/h6-7,16H,3-5,8-9H2,1-2H3,(H,19,20). The first-order chi connectivity index (χ1) is 9.69. The highest BCUT2D eigenvalue weighted by molar-refractivity contribution is 6.30. The molecule has 2 N–H and O–H groups in total. The minimum atomic E-state index is 0.558. The smallest absolute Gasteiger partial charge is 0.151 e. The van der Waals surface area contributed by atoms with E-state index in [4.69, 9.17) is 11.6 Å². The number of nitrogens with one attached hydrogen (secondary N) is 2. The Kier molecular flexibility index (Phi) is 5.49. The van der Waals surface area contributed by atoms with Crippen LogP contribution in [0.15, 0.2) is 12.3 Å². The van der Waals surface area contributed by atoms with Gasteiger partial charge in [0.05, 0.1) is 11.4 Å². The molecule has 0 radical (unpaired) electrons. The van der Waals surface area contributed by atoms with E-state index < -0.39 is 0 Å². The summed E-state index contributed by atoms with van der Waals surface area (Å²) in [6, 6.07) is 1.90. The Morgan fingerprint density at radius 1 is 1.30 bits per heavy atom. The maximum absolute atomic E-state index is 6.12. The van der Waals surface area contributed by atoms with Gasteiger partial charge in [-0.25, -0.2) is 15.0 Å². The number of aryl methyl sites for hydroxylation is 2. The highest BCUT2D eigenvalue weighted by Gasteiger charge is 2.07. The summed E-state index contributed by atoms with van der Waals surface area (Å²) in [4.78, 5) is 16.0. The van der Waals surface area contributed by atoms with Crippen LogP contribution in [-0.4, -0.2) is 19.9 Å². The zero-order valence-electron chi connectivity index (χ0n) is 11.9. The van der Waals surface area contributed by atoms with Crippen molar-refractivity contribution in [3.8, 4) is 0 Å². The lowest BCUT2D eigenvalue weighted by Crippen LogP contribution is -2.14. The SMILES string of the molecule is CCCCc1nc(Cl)c(CNCc2ccnc(C)n2)[nH]1. The van der Waals surface area contributed by atoms with Crippen molar-refractivity contribution < 1.29 is 0 Å². The summed E-state index contributed by atoms with van der Waals surface area (Å²) in [6.07, 6.45) is 4.99. The van der Waals surface area contributed by atoms with Crippen molar-refractivity contribution in [1.29, 1.82) is 0 Å². The van der Waals surface area contributed by atoms with Crippen molar-refractivity contribution in [3.05, 3.63) is 40.5 Å². The molecule has 2 aromatic heterocycles. The third-order valence-electron chi connectivity index (χ3n) is 2.99. The maximum atomic E-state index is 6.12. The summed E-state index contributed by atoms with van der Waals surface area (Å²) >= 11 is 6.12. The van der Waals surface area contributed by atoms with Crippen molar-refractivity contribution in [1.82, 2.24) is 25.3 Å². The second kappa shape index (κ2) is 7.36. The van der Waals surface area contributed by atoms with Gasteiger partial charge in [0, 0.05) is 25.7 Å². The zero-order chi connectivity index (χ0) is 14.4. The van der Waals surface area contributed by atoms with E-state index >= 15 is 0 Å². The molecule has 0 spiro atoms. The first-order valence-electron chi connectivity index (χ1n) is 6.91. The first kappa shape index (κ1) is 14.9. The molecule has 2 rings (SSSR count). The summed E-state index contributed by atoms with van der Waals surface area (Å²) in [5, 5.41) is 3.87. The molecule has 20 heavy (non-hydrogen) atoms. The van der Waals surface area contributed by atoms with Gasteiger partial charge in [-0.3, -0.25) is 0 Å². The number of nitrogens with zero attached hydrogens (tertiary/aromatic N) is 3. The summed E-state index contributed by atoms with van der Waals surface area (Å²) in [7, 11) is 0. The van der Waals surface area contributed by atoms with E-state index in [0.717, 1.165) is 42.3 Å². The van der Waals surface area contributed by atoms with Gasteiger partial charge in [-0.2, -0.15) is 0 Å². The van der Waals surface area contributed by atoms with Crippen LogP contribution in [0.4, 0.5) is 0 Å². The number of rotatable bonds is 7. The molecule has 2 heterocycles. The Morgan fingerprint density at radius 3 is 2.90 bits per heavy atom. The van der Waals surface area contributed by atoms with Gasteiger partial charge in [0.1, 0.15) is 11.6 Å². The first-order valence-corrected chi connectivity index (χ1v) is 7.29. The number of halogens is 1. The van der Waals surface area contributed by atoms with E-state index in [0.29, 0.717) is 18.2 Å². The number of aromatic amines is 1. The predicted octanol–water partition coefficient (Wildman–Crippen LogP) is 2.79. The summed E-state index contributed by atoms with van der Waals surface area (Å²) in [5.74, 6) is 1.75. The molecule has 0 aliphatic rings. The van der Waals surface area contributed by atoms with Gasteiger partial charge in [-0.05, 0) is 19.4 Å². The number of imidazole rings is 1. The molecular formula is C14H20ClN5. The Labute approximate surface area is 124 Å². The van der Waals surface area contributed by atoms with Crippen LogP contribution in [-0.2, 0) is 19.5 Å². The molecule has 0 aliphatic carbocycles.